The minimum absolute atomic E-state index is 0.149. The maximum absolute atomic E-state index is 12.2. The van der Waals surface area contributed by atoms with Crippen LogP contribution in [0.3, 0.4) is 0 Å². The number of amides is 1. The Morgan fingerprint density at radius 3 is 2.78 bits per heavy atom. The average Bonchev–Trinajstić information content (AvgIpc) is 3.32. The molecule has 0 radical (unpaired) electrons. The first kappa shape index (κ1) is 17.5. The van der Waals surface area contributed by atoms with Crippen molar-refractivity contribution in [3.8, 4) is 22.8 Å². The Labute approximate surface area is 164 Å². The van der Waals surface area contributed by atoms with Crippen molar-refractivity contribution in [2.45, 2.75) is 0 Å². The van der Waals surface area contributed by atoms with Gasteiger partial charge in [-0.2, -0.15) is 5.10 Å². The standard InChI is InChI=1S/C19H12Cl2N2O4/c20-12-2-4-15(21)14(8-12)16-6-3-13(27-16)9-22-23-19(24)11-1-5-17-18(7-11)26-10-25-17/h1-9H,10H2,(H,23,24)/b22-9-. The number of rotatable bonds is 4. The van der Waals surface area contributed by atoms with E-state index in [0.717, 1.165) is 0 Å². The van der Waals surface area contributed by atoms with E-state index in [1.807, 2.05) is 0 Å². The van der Waals surface area contributed by atoms with Crippen molar-refractivity contribution in [2.24, 2.45) is 5.10 Å². The predicted molar refractivity (Wildman–Crippen MR) is 102 cm³/mol. The number of fused-ring (bicyclic) bond motifs is 1. The molecule has 0 aliphatic carbocycles. The van der Waals surface area contributed by atoms with E-state index in [2.05, 4.69) is 10.5 Å². The lowest BCUT2D eigenvalue weighted by atomic mass is 10.2. The largest absolute Gasteiger partial charge is 0.455 e. The number of nitrogens with zero attached hydrogens (tertiary/aromatic N) is 1. The molecule has 0 saturated heterocycles. The second-order valence-electron chi connectivity index (χ2n) is 5.59. The summed E-state index contributed by atoms with van der Waals surface area (Å²) in [5, 5.41) is 4.98. The molecule has 3 aromatic rings. The van der Waals surface area contributed by atoms with E-state index in [9.17, 15) is 4.79 Å². The normalized spacial score (nSPS) is 12.5. The number of carbonyl (C=O) groups is 1. The zero-order valence-electron chi connectivity index (χ0n) is 13.7. The first-order chi connectivity index (χ1) is 13.1. The fraction of sp³-hybridized carbons (Fsp3) is 0.0526. The van der Waals surface area contributed by atoms with Gasteiger partial charge in [-0.15, -0.1) is 0 Å². The van der Waals surface area contributed by atoms with E-state index in [1.165, 1.54) is 6.21 Å². The van der Waals surface area contributed by atoms with E-state index >= 15 is 0 Å². The molecule has 1 N–H and O–H groups in total. The summed E-state index contributed by atoms with van der Waals surface area (Å²) in [6.07, 6.45) is 1.40. The first-order valence-corrected chi connectivity index (χ1v) is 8.64. The highest BCUT2D eigenvalue weighted by Gasteiger charge is 2.16. The number of carbonyl (C=O) groups excluding carboxylic acids is 1. The third-order valence-electron chi connectivity index (χ3n) is 3.81. The molecule has 0 fully saturated rings. The fourth-order valence-corrected chi connectivity index (χ4v) is 2.89. The van der Waals surface area contributed by atoms with Crippen molar-refractivity contribution in [2.75, 3.05) is 6.79 Å². The third kappa shape index (κ3) is 3.77. The summed E-state index contributed by atoms with van der Waals surface area (Å²) in [6, 6.07) is 13.5. The van der Waals surface area contributed by atoms with Gasteiger partial charge in [-0.25, -0.2) is 5.43 Å². The van der Waals surface area contributed by atoms with Gasteiger partial charge in [0, 0.05) is 16.1 Å². The topological polar surface area (TPSA) is 73.1 Å². The highest BCUT2D eigenvalue weighted by molar-refractivity contribution is 6.35. The van der Waals surface area contributed by atoms with Crippen LogP contribution in [0.25, 0.3) is 11.3 Å². The molecule has 1 aliphatic rings. The number of halogens is 2. The molecule has 6 nitrogen and oxygen atoms in total. The molecular formula is C19H12Cl2N2O4. The number of benzene rings is 2. The average molecular weight is 403 g/mol. The molecule has 0 atom stereocenters. The van der Waals surface area contributed by atoms with E-state index in [4.69, 9.17) is 37.1 Å². The van der Waals surface area contributed by atoms with Crippen molar-refractivity contribution in [1.82, 2.24) is 5.43 Å². The maximum Gasteiger partial charge on any atom is 0.271 e. The van der Waals surface area contributed by atoms with Crippen LogP contribution < -0.4 is 14.9 Å². The summed E-state index contributed by atoms with van der Waals surface area (Å²) in [5.41, 5.74) is 3.51. The van der Waals surface area contributed by atoms with E-state index in [1.54, 1.807) is 48.5 Å². The van der Waals surface area contributed by atoms with Crippen LogP contribution in [0.2, 0.25) is 10.0 Å². The van der Waals surface area contributed by atoms with Crippen molar-refractivity contribution >= 4 is 35.3 Å². The van der Waals surface area contributed by atoms with Gasteiger partial charge in [0.25, 0.3) is 5.91 Å². The summed E-state index contributed by atoms with van der Waals surface area (Å²) >= 11 is 12.2. The molecule has 0 spiro atoms. The number of ether oxygens (including phenoxy) is 2. The highest BCUT2D eigenvalue weighted by atomic mass is 35.5. The van der Waals surface area contributed by atoms with Gasteiger partial charge in [0.2, 0.25) is 6.79 Å². The minimum atomic E-state index is -0.380. The molecule has 0 unspecified atom stereocenters. The van der Waals surface area contributed by atoms with Crippen molar-refractivity contribution in [3.63, 3.8) is 0 Å². The van der Waals surface area contributed by atoms with Crippen LogP contribution in [-0.4, -0.2) is 18.9 Å². The number of hydrogen-bond donors (Lipinski definition) is 1. The smallest absolute Gasteiger partial charge is 0.271 e. The summed E-state index contributed by atoms with van der Waals surface area (Å²) in [5.74, 6) is 1.76. The minimum Gasteiger partial charge on any atom is -0.455 e. The molecular weight excluding hydrogens is 391 g/mol. The molecule has 4 rings (SSSR count). The SMILES string of the molecule is O=C(N/N=C\c1ccc(-c2cc(Cl)ccc2Cl)o1)c1ccc2c(c1)OCO2. The van der Waals surface area contributed by atoms with Gasteiger partial charge < -0.3 is 13.9 Å². The van der Waals surface area contributed by atoms with E-state index < -0.39 is 0 Å². The molecule has 8 heteroatoms. The van der Waals surface area contributed by atoms with Crippen LogP contribution in [0.4, 0.5) is 0 Å². The van der Waals surface area contributed by atoms with Gasteiger partial charge in [-0.05, 0) is 48.5 Å². The molecule has 0 saturated carbocycles. The lowest BCUT2D eigenvalue weighted by Gasteiger charge is -2.01. The number of hydrazone groups is 1. The Balaban J connectivity index is 1.44. The lowest BCUT2D eigenvalue weighted by Crippen LogP contribution is -2.17. The Kier molecular flexibility index (Phi) is 4.75. The summed E-state index contributed by atoms with van der Waals surface area (Å²) in [6.45, 7) is 0.149. The molecule has 136 valence electrons. The number of hydrogen-bond acceptors (Lipinski definition) is 5. The molecule has 0 bridgehead atoms. The van der Waals surface area contributed by atoms with Crippen molar-refractivity contribution < 1.29 is 18.7 Å². The highest BCUT2D eigenvalue weighted by Crippen LogP contribution is 2.33. The van der Waals surface area contributed by atoms with E-state index in [-0.39, 0.29) is 12.7 Å². The van der Waals surface area contributed by atoms with Gasteiger partial charge in [-0.3, -0.25) is 4.79 Å². The summed E-state index contributed by atoms with van der Waals surface area (Å²) < 4.78 is 16.1. The lowest BCUT2D eigenvalue weighted by molar-refractivity contribution is 0.0954. The molecule has 1 aliphatic heterocycles. The van der Waals surface area contributed by atoms with Crippen LogP contribution >= 0.6 is 23.2 Å². The van der Waals surface area contributed by atoms with Crippen LogP contribution in [0.1, 0.15) is 16.1 Å². The Hall–Kier alpha value is -2.96. The maximum atomic E-state index is 12.2. The van der Waals surface area contributed by atoms with E-state index in [0.29, 0.717) is 44.2 Å². The van der Waals surface area contributed by atoms with Gasteiger partial charge >= 0.3 is 0 Å². The number of nitrogens with one attached hydrogen (secondary N) is 1. The summed E-state index contributed by atoms with van der Waals surface area (Å²) in [4.78, 5) is 12.2. The fourth-order valence-electron chi connectivity index (χ4n) is 2.51. The zero-order chi connectivity index (χ0) is 18.8. The monoisotopic (exact) mass is 402 g/mol. The van der Waals surface area contributed by atoms with Gasteiger partial charge in [-0.1, -0.05) is 23.2 Å². The Morgan fingerprint density at radius 2 is 1.89 bits per heavy atom. The quantitative estimate of drug-likeness (QED) is 0.504. The van der Waals surface area contributed by atoms with Gasteiger partial charge in [0.15, 0.2) is 11.5 Å². The molecule has 1 amide bonds. The van der Waals surface area contributed by atoms with Crippen LogP contribution in [0, 0.1) is 0 Å². The van der Waals surface area contributed by atoms with Crippen LogP contribution in [0.5, 0.6) is 11.5 Å². The molecule has 27 heavy (non-hydrogen) atoms. The second kappa shape index (κ2) is 7.34. The van der Waals surface area contributed by atoms with Gasteiger partial charge in [0.1, 0.15) is 11.5 Å². The zero-order valence-corrected chi connectivity index (χ0v) is 15.3. The van der Waals surface area contributed by atoms with Crippen LogP contribution in [0.15, 0.2) is 58.0 Å². The summed E-state index contributed by atoms with van der Waals surface area (Å²) in [7, 11) is 0. The molecule has 1 aromatic heterocycles. The first-order valence-electron chi connectivity index (χ1n) is 7.88. The molecule has 2 heterocycles. The van der Waals surface area contributed by atoms with Crippen LogP contribution in [-0.2, 0) is 0 Å². The second-order valence-corrected chi connectivity index (χ2v) is 6.44. The Bertz CT molecular complexity index is 1050. The number of furan rings is 1. The third-order valence-corrected chi connectivity index (χ3v) is 4.38. The van der Waals surface area contributed by atoms with Crippen molar-refractivity contribution in [1.29, 1.82) is 0 Å². The predicted octanol–water partition coefficient (Wildman–Crippen LogP) is 4.75. The van der Waals surface area contributed by atoms with Gasteiger partial charge in [0.05, 0.1) is 11.2 Å². The Morgan fingerprint density at radius 1 is 1.04 bits per heavy atom. The molecule has 2 aromatic carbocycles. The van der Waals surface area contributed by atoms with Crippen molar-refractivity contribution in [3.05, 3.63) is 69.9 Å².